The van der Waals surface area contributed by atoms with Gasteiger partial charge in [-0.15, -0.1) is 0 Å². The first-order chi connectivity index (χ1) is 10.9. The van der Waals surface area contributed by atoms with E-state index in [1.165, 1.54) is 32.1 Å². The van der Waals surface area contributed by atoms with Crippen LogP contribution in [0.5, 0.6) is 0 Å². The Morgan fingerprint density at radius 1 is 0.957 bits per heavy atom. The van der Waals surface area contributed by atoms with E-state index in [1.54, 1.807) is 0 Å². The summed E-state index contributed by atoms with van der Waals surface area (Å²) in [6, 6.07) is 0. The van der Waals surface area contributed by atoms with Crippen LogP contribution in [0.15, 0.2) is 0 Å². The Labute approximate surface area is 140 Å². The van der Waals surface area contributed by atoms with Gasteiger partial charge < -0.3 is 0 Å². The van der Waals surface area contributed by atoms with Gasteiger partial charge in [-0.3, -0.25) is 9.59 Å². The molecule has 0 aromatic heterocycles. The number of carbonyl (C=O) groups is 2. The number of Topliss-reactive ketones (excluding diaryl/α,β-unsaturated/α-hetero) is 2. The fourth-order valence-corrected chi connectivity index (χ4v) is 7.71. The molecule has 2 heteroatoms. The highest BCUT2D eigenvalue weighted by molar-refractivity contribution is 5.80. The first-order valence-corrected chi connectivity index (χ1v) is 9.88. The van der Waals surface area contributed by atoms with Crippen LogP contribution in [-0.4, -0.2) is 11.6 Å². The third-order valence-corrected chi connectivity index (χ3v) is 8.97. The molecule has 0 amide bonds. The molecule has 0 saturated heterocycles. The second kappa shape index (κ2) is 5.17. The molecule has 128 valence electrons. The van der Waals surface area contributed by atoms with Gasteiger partial charge in [-0.2, -0.15) is 0 Å². The Hall–Kier alpha value is -0.660. The lowest BCUT2D eigenvalue weighted by Gasteiger charge is -2.60. The highest BCUT2D eigenvalue weighted by Crippen LogP contribution is 2.67. The molecule has 0 aromatic carbocycles. The van der Waals surface area contributed by atoms with Gasteiger partial charge in [0.15, 0.2) is 0 Å². The number of hydrogen-bond donors (Lipinski definition) is 0. The third-order valence-electron chi connectivity index (χ3n) is 8.97. The summed E-state index contributed by atoms with van der Waals surface area (Å²) in [6.45, 7) is 6.74. The van der Waals surface area contributed by atoms with Crippen molar-refractivity contribution in [2.45, 2.75) is 78.6 Å². The first-order valence-electron chi connectivity index (χ1n) is 9.88. The van der Waals surface area contributed by atoms with Gasteiger partial charge in [-0.1, -0.05) is 13.8 Å². The Morgan fingerprint density at radius 3 is 2.43 bits per heavy atom. The summed E-state index contributed by atoms with van der Waals surface area (Å²) >= 11 is 0. The summed E-state index contributed by atoms with van der Waals surface area (Å²) in [6.07, 6.45) is 10.3. The molecular weight excluding hydrogens is 284 g/mol. The summed E-state index contributed by atoms with van der Waals surface area (Å²) in [5, 5.41) is 0. The van der Waals surface area contributed by atoms with E-state index in [4.69, 9.17) is 0 Å². The van der Waals surface area contributed by atoms with Crippen LogP contribution in [0.1, 0.15) is 78.6 Å². The summed E-state index contributed by atoms with van der Waals surface area (Å²) in [5.74, 6) is 4.25. The van der Waals surface area contributed by atoms with Crippen molar-refractivity contribution < 1.29 is 9.59 Å². The van der Waals surface area contributed by atoms with E-state index in [9.17, 15) is 9.59 Å². The molecule has 4 fully saturated rings. The molecule has 4 aliphatic rings. The minimum absolute atomic E-state index is 0.265. The lowest BCUT2D eigenvalue weighted by atomic mass is 9.44. The maximum Gasteiger partial charge on any atom is 0.133 e. The van der Waals surface area contributed by atoms with Gasteiger partial charge in [0, 0.05) is 18.8 Å². The molecule has 0 radical (unpaired) electrons. The van der Waals surface area contributed by atoms with Crippen LogP contribution < -0.4 is 0 Å². The van der Waals surface area contributed by atoms with Gasteiger partial charge >= 0.3 is 0 Å². The third kappa shape index (κ3) is 2.12. The fraction of sp³-hybridized carbons (Fsp3) is 0.905. The zero-order valence-corrected chi connectivity index (χ0v) is 15.1. The predicted octanol–water partition coefficient (Wildman–Crippen LogP) is 4.80. The predicted molar refractivity (Wildman–Crippen MR) is 90.9 cm³/mol. The molecule has 0 aliphatic heterocycles. The lowest BCUT2D eigenvalue weighted by Crippen LogP contribution is -2.53. The lowest BCUT2D eigenvalue weighted by molar-refractivity contribution is -0.143. The second-order valence-electron chi connectivity index (χ2n) is 9.68. The Bertz CT molecular complexity index is 538. The minimum atomic E-state index is 0.265. The van der Waals surface area contributed by atoms with E-state index < -0.39 is 0 Å². The van der Waals surface area contributed by atoms with Gasteiger partial charge in [0.25, 0.3) is 0 Å². The minimum Gasteiger partial charge on any atom is -0.300 e. The Kier molecular flexibility index (Phi) is 3.56. The van der Waals surface area contributed by atoms with Crippen LogP contribution in [0.2, 0.25) is 0 Å². The number of carbonyl (C=O) groups excluding carboxylic acids is 2. The van der Waals surface area contributed by atoms with Crippen molar-refractivity contribution in [1.82, 2.24) is 0 Å². The fourth-order valence-electron chi connectivity index (χ4n) is 7.71. The van der Waals surface area contributed by atoms with Crippen LogP contribution in [0.4, 0.5) is 0 Å². The zero-order valence-electron chi connectivity index (χ0n) is 15.1. The molecule has 0 bridgehead atoms. The number of fused-ring (bicyclic) bond motifs is 5. The van der Waals surface area contributed by atoms with Crippen LogP contribution >= 0.6 is 0 Å². The molecule has 0 aromatic rings. The maximum atomic E-state index is 12.2. The van der Waals surface area contributed by atoms with Crippen molar-refractivity contribution in [2.24, 2.45) is 40.4 Å². The van der Waals surface area contributed by atoms with E-state index in [0.717, 1.165) is 43.4 Å². The van der Waals surface area contributed by atoms with Crippen molar-refractivity contribution >= 4 is 11.6 Å². The van der Waals surface area contributed by atoms with E-state index in [1.807, 2.05) is 6.92 Å². The normalized spacial score (nSPS) is 52.5. The average Bonchev–Trinajstić information content (AvgIpc) is 2.85. The number of rotatable bonds is 1. The molecule has 23 heavy (non-hydrogen) atoms. The topological polar surface area (TPSA) is 34.1 Å². The van der Waals surface area contributed by atoms with Gasteiger partial charge in [-0.25, -0.2) is 0 Å². The molecule has 0 unspecified atom stereocenters. The highest BCUT2D eigenvalue weighted by atomic mass is 16.1. The van der Waals surface area contributed by atoms with Crippen molar-refractivity contribution in [3.05, 3.63) is 0 Å². The van der Waals surface area contributed by atoms with Gasteiger partial charge in [0.2, 0.25) is 0 Å². The van der Waals surface area contributed by atoms with Gasteiger partial charge in [0.05, 0.1) is 0 Å². The Balaban J connectivity index is 1.63. The SMILES string of the molecule is CC(=O)[C@H]1CC[C@@H]2[C@@H]3CC[C@H]4CC(=O)CC[C@]4(C)[C@H]3CC[C@]12C. The molecule has 4 rings (SSSR count). The van der Waals surface area contributed by atoms with Crippen molar-refractivity contribution in [3.8, 4) is 0 Å². The van der Waals surface area contributed by atoms with Crippen LogP contribution in [0.25, 0.3) is 0 Å². The molecule has 7 atom stereocenters. The van der Waals surface area contributed by atoms with Crippen LogP contribution in [-0.2, 0) is 9.59 Å². The van der Waals surface area contributed by atoms with Crippen LogP contribution in [0, 0.1) is 40.4 Å². The molecule has 0 heterocycles. The smallest absolute Gasteiger partial charge is 0.133 e. The summed E-state index contributed by atoms with van der Waals surface area (Å²) in [7, 11) is 0. The summed E-state index contributed by atoms with van der Waals surface area (Å²) in [5.41, 5.74) is 0.660. The Morgan fingerprint density at radius 2 is 1.70 bits per heavy atom. The van der Waals surface area contributed by atoms with Crippen LogP contribution in [0.3, 0.4) is 0 Å². The van der Waals surface area contributed by atoms with E-state index in [0.29, 0.717) is 28.8 Å². The quantitative estimate of drug-likeness (QED) is 0.696. The second-order valence-corrected chi connectivity index (χ2v) is 9.68. The largest absolute Gasteiger partial charge is 0.300 e. The summed E-state index contributed by atoms with van der Waals surface area (Å²) in [4.78, 5) is 24.1. The molecule has 4 saturated carbocycles. The standard InChI is InChI=1S/C21H32O2/c1-13(22)17-6-7-18-16-5-4-14-12-15(23)8-10-20(14,2)19(16)9-11-21(17,18)3/h14,16-19H,4-12H2,1-3H3/t14-,16-,17+,18+,19-,20-,21+/m0/s1. The van der Waals surface area contributed by atoms with Crippen molar-refractivity contribution in [1.29, 1.82) is 0 Å². The van der Waals surface area contributed by atoms with E-state index >= 15 is 0 Å². The van der Waals surface area contributed by atoms with Crippen molar-refractivity contribution in [2.75, 3.05) is 0 Å². The van der Waals surface area contributed by atoms with E-state index in [2.05, 4.69) is 13.8 Å². The zero-order chi connectivity index (χ0) is 16.4. The first kappa shape index (κ1) is 15.8. The maximum absolute atomic E-state index is 12.2. The monoisotopic (exact) mass is 316 g/mol. The molecule has 0 N–H and O–H groups in total. The van der Waals surface area contributed by atoms with E-state index in [-0.39, 0.29) is 5.41 Å². The molecule has 4 aliphatic carbocycles. The molecule has 0 spiro atoms. The highest BCUT2D eigenvalue weighted by Gasteiger charge is 2.60. The number of hydrogen-bond acceptors (Lipinski definition) is 2. The van der Waals surface area contributed by atoms with Gasteiger partial charge in [0.1, 0.15) is 11.6 Å². The van der Waals surface area contributed by atoms with Crippen molar-refractivity contribution in [3.63, 3.8) is 0 Å². The molecular formula is C21H32O2. The number of ketones is 2. The average molecular weight is 316 g/mol. The summed E-state index contributed by atoms with van der Waals surface area (Å²) < 4.78 is 0. The van der Waals surface area contributed by atoms with Gasteiger partial charge in [-0.05, 0) is 86.4 Å². The molecule has 2 nitrogen and oxygen atoms in total.